The molecule has 116 valence electrons. The molecule has 1 unspecified atom stereocenters. The van der Waals surface area contributed by atoms with Crippen molar-refractivity contribution in [3.63, 3.8) is 0 Å². The monoisotopic (exact) mass is 313 g/mol. The van der Waals surface area contributed by atoms with Gasteiger partial charge in [0.2, 0.25) is 5.91 Å². The Balaban J connectivity index is 2.28. The number of thioether (sulfide) groups is 1. The summed E-state index contributed by atoms with van der Waals surface area (Å²) in [7, 11) is 1.34. The molecular formula is C15H20FNO3S. The van der Waals surface area contributed by atoms with Gasteiger partial charge in [-0.25, -0.2) is 4.39 Å². The standard InChI is InChI=1S/C15H20FNO3S/c1-10-4-5-12(6-13(10)16)7-17-14(18)9-21-8-11(2)15(19)20-3/h4-6,11H,7-9H2,1-3H3,(H,17,18). The Morgan fingerprint density at radius 1 is 1.43 bits per heavy atom. The van der Waals surface area contributed by atoms with Crippen LogP contribution in [0.25, 0.3) is 0 Å². The molecule has 1 aromatic carbocycles. The van der Waals surface area contributed by atoms with Crippen LogP contribution in [0.15, 0.2) is 18.2 Å². The molecule has 0 aliphatic carbocycles. The summed E-state index contributed by atoms with van der Waals surface area (Å²) >= 11 is 1.37. The topological polar surface area (TPSA) is 55.4 Å². The first-order valence-electron chi connectivity index (χ1n) is 6.61. The zero-order valence-corrected chi connectivity index (χ0v) is 13.3. The zero-order chi connectivity index (χ0) is 15.8. The maximum Gasteiger partial charge on any atom is 0.309 e. The largest absolute Gasteiger partial charge is 0.469 e. The molecule has 0 saturated carbocycles. The molecule has 1 N–H and O–H groups in total. The van der Waals surface area contributed by atoms with Gasteiger partial charge in [-0.2, -0.15) is 11.8 Å². The molecule has 0 fully saturated rings. The summed E-state index contributed by atoms with van der Waals surface area (Å²) < 4.78 is 18.0. The maximum atomic E-state index is 13.3. The average Bonchev–Trinajstić information content (AvgIpc) is 2.47. The van der Waals surface area contributed by atoms with Crippen molar-refractivity contribution in [1.29, 1.82) is 0 Å². The Labute approximate surface area is 128 Å². The van der Waals surface area contributed by atoms with E-state index < -0.39 is 0 Å². The molecule has 4 nitrogen and oxygen atoms in total. The van der Waals surface area contributed by atoms with Gasteiger partial charge in [-0.1, -0.05) is 19.1 Å². The highest BCUT2D eigenvalue weighted by Gasteiger charge is 2.13. The molecule has 6 heteroatoms. The van der Waals surface area contributed by atoms with Crippen LogP contribution in [0.5, 0.6) is 0 Å². The van der Waals surface area contributed by atoms with E-state index in [1.807, 2.05) is 0 Å². The minimum absolute atomic E-state index is 0.141. The minimum Gasteiger partial charge on any atom is -0.469 e. The Morgan fingerprint density at radius 3 is 2.76 bits per heavy atom. The quantitative estimate of drug-likeness (QED) is 0.785. The average molecular weight is 313 g/mol. The third-order valence-corrected chi connectivity index (χ3v) is 4.13. The Morgan fingerprint density at radius 2 is 2.14 bits per heavy atom. The number of carbonyl (C=O) groups is 2. The van der Waals surface area contributed by atoms with E-state index >= 15 is 0 Å². The number of nitrogens with one attached hydrogen (secondary N) is 1. The maximum absolute atomic E-state index is 13.3. The summed E-state index contributed by atoms with van der Waals surface area (Å²) in [6, 6.07) is 4.89. The van der Waals surface area contributed by atoms with Crippen molar-refractivity contribution in [3.05, 3.63) is 35.1 Å². The van der Waals surface area contributed by atoms with E-state index in [-0.39, 0.29) is 29.4 Å². The molecule has 0 aliphatic rings. The van der Waals surface area contributed by atoms with Gasteiger partial charge in [0.25, 0.3) is 0 Å². The van der Waals surface area contributed by atoms with Crippen molar-refractivity contribution in [1.82, 2.24) is 5.32 Å². The second-order valence-corrected chi connectivity index (χ2v) is 5.83. The lowest BCUT2D eigenvalue weighted by Gasteiger charge is -2.09. The van der Waals surface area contributed by atoms with Crippen molar-refractivity contribution >= 4 is 23.6 Å². The predicted octanol–water partition coefficient (Wildman–Crippen LogP) is 2.29. The third-order valence-electron chi connectivity index (χ3n) is 2.93. The number of ether oxygens (including phenoxy) is 1. The lowest BCUT2D eigenvalue weighted by molar-refractivity contribution is -0.144. The number of carbonyl (C=O) groups excluding carboxylic acids is 2. The van der Waals surface area contributed by atoms with Crippen LogP contribution in [0, 0.1) is 18.7 Å². The van der Waals surface area contributed by atoms with E-state index in [1.54, 1.807) is 26.0 Å². The number of halogens is 1. The summed E-state index contributed by atoms with van der Waals surface area (Å²) in [5.41, 5.74) is 1.30. The minimum atomic E-state index is -0.280. The molecule has 0 aromatic heterocycles. The second kappa shape index (κ2) is 8.67. The van der Waals surface area contributed by atoms with E-state index in [0.29, 0.717) is 17.9 Å². The lowest BCUT2D eigenvalue weighted by Crippen LogP contribution is -2.25. The summed E-state index contributed by atoms with van der Waals surface area (Å²) in [5, 5.41) is 2.72. The number of benzene rings is 1. The fourth-order valence-electron chi connectivity index (χ4n) is 1.60. The van der Waals surface area contributed by atoms with Crippen molar-refractivity contribution in [2.45, 2.75) is 20.4 Å². The van der Waals surface area contributed by atoms with Gasteiger partial charge in [-0.15, -0.1) is 0 Å². The van der Waals surface area contributed by atoms with Gasteiger partial charge in [0, 0.05) is 12.3 Å². The third kappa shape index (κ3) is 6.16. The van der Waals surface area contributed by atoms with Gasteiger partial charge in [0.15, 0.2) is 0 Å². The number of hydrogen-bond donors (Lipinski definition) is 1. The predicted molar refractivity (Wildman–Crippen MR) is 81.5 cm³/mol. The molecule has 0 spiro atoms. The van der Waals surface area contributed by atoms with E-state index in [9.17, 15) is 14.0 Å². The highest BCUT2D eigenvalue weighted by molar-refractivity contribution is 7.99. The van der Waals surface area contributed by atoms with Gasteiger partial charge in [0.1, 0.15) is 5.82 Å². The summed E-state index contributed by atoms with van der Waals surface area (Å²) in [6.07, 6.45) is 0. The van der Waals surface area contributed by atoms with Crippen molar-refractivity contribution in [3.8, 4) is 0 Å². The van der Waals surface area contributed by atoms with Gasteiger partial charge in [0.05, 0.1) is 18.8 Å². The van der Waals surface area contributed by atoms with Crippen LogP contribution in [0.3, 0.4) is 0 Å². The van der Waals surface area contributed by atoms with Crippen LogP contribution in [-0.4, -0.2) is 30.5 Å². The lowest BCUT2D eigenvalue weighted by atomic mass is 10.1. The first-order chi connectivity index (χ1) is 9.93. The van der Waals surface area contributed by atoms with Crippen molar-refractivity contribution in [2.24, 2.45) is 5.92 Å². The number of aryl methyl sites for hydroxylation is 1. The summed E-state index contributed by atoms with van der Waals surface area (Å²) in [4.78, 5) is 22.8. The van der Waals surface area contributed by atoms with Crippen LogP contribution in [-0.2, 0) is 20.9 Å². The number of amides is 1. The van der Waals surface area contributed by atoms with Crippen LogP contribution in [0.4, 0.5) is 4.39 Å². The molecule has 1 atom stereocenters. The van der Waals surface area contributed by atoms with E-state index in [4.69, 9.17) is 0 Å². The van der Waals surface area contributed by atoms with Gasteiger partial charge >= 0.3 is 5.97 Å². The Kier molecular flexibility index (Phi) is 7.22. The number of methoxy groups -OCH3 is 1. The Bertz CT molecular complexity index is 508. The van der Waals surface area contributed by atoms with Crippen LogP contribution >= 0.6 is 11.8 Å². The second-order valence-electron chi connectivity index (χ2n) is 4.80. The molecular weight excluding hydrogens is 293 g/mol. The molecule has 1 aromatic rings. The van der Waals surface area contributed by atoms with Crippen molar-refractivity contribution in [2.75, 3.05) is 18.6 Å². The molecule has 0 aliphatic heterocycles. The molecule has 0 heterocycles. The molecule has 0 saturated heterocycles. The smallest absolute Gasteiger partial charge is 0.309 e. The fourth-order valence-corrected chi connectivity index (χ4v) is 2.49. The van der Waals surface area contributed by atoms with Gasteiger partial charge < -0.3 is 10.1 Å². The van der Waals surface area contributed by atoms with Crippen LogP contribution < -0.4 is 5.32 Å². The van der Waals surface area contributed by atoms with E-state index in [2.05, 4.69) is 10.1 Å². The molecule has 21 heavy (non-hydrogen) atoms. The number of rotatable bonds is 7. The first-order valence-corrected chi connectivity index (χ1v) is 7.76. The normalized spacial score (nSPS) is 11.8. The fraction of sp³-hybridized carbons (Fsp3) is 0.467. The highest BCUT2D eigenvalue weighted by atomic mass is 32.2. The number of esters is 1. The highest BCUT2D eigenvalue weighted by Crippen LogP contribution is 2.11. The SMILES string of the molecule is COC(=O)C(C)CSCC(=O)NCc1ccc(C)c(F)c1. The van der Waals surface area contributed by atoms with Crippen molar-refractivity contribution < 1.29 is 18.7 Å². The Hall–Kier alpha value is -1.56. The van der Waals surface area contributed by atoms with Crippen LogP contribution in [0.1, 0.15) is 18.1 Å². The van der Waals surface area contributed by atoms with Gasteiger partial charge in [-0.05, 0) is 24.1 Å². The molecule has 1 amide bonds. The number of hydrogen-bond acceptors (Lipinski definition) is 4. The summed E-state index contributed by atoms with van der Waals surface area (Å²) in [5.74, 6) is -0.146. The van der Waals surface area contributed by atoms with E-state index in [0.717, 1.165) is 5.56 Å². The first kappa shape index (κ1) is 17.5. The van der Waals surface area contributed by atoms with Crippen LogP contribution in [0.2, 0.25) is 0 Å². The van der Waals surface area contributed by atoms with E-state index in [1.165, 1.54) is 24.9 Å². The van der Waals surface area contributed by atoms with Gasteiger partial charge in [-0.3, -0.25) is 9.59 Å². The molecule has 1 rings (SSSR count). The zero-order valence-electron chi connectivity index (χ0n) is 12.4. The molecule has 0 bridgehead atoms. The summed E-state index contributed by atoms with van der Waals surface area (Å²) in [6.45, 7) is 3.74. The molecule has 0 radical (unpaired) electrons.